The molecule has 0 spiro atoms. The quantitative estimate of drug-likeness (QED) is 0.334. The average molecular weight is 573 g/mol. The summed E-state index contributed by atoms with van der Waals surface area (Å²) in [6.45, 7) is 4.24. The molecule has 7 rings (SSSR count). The predicted octanol–water partition coefficient (Wildman–Crippen LogP) is 4.44. The van der Waals surface area contributed by atoms with Gasteiger partial charge in [-0.15, -0.1) is 0 Å². The Balaban J connectivity index is 1.19. The molecule has 1 aromatic heterocycles. The predicted molar refractivity (Wildman–Crippen MR) is 157 cm³/mol. The normalized spacial score (nSPS) is 26.8. The standard InChI is InChI=1S/C31H30ClFN6O2/c1-38-14-20-13-31(20,17-38)8-7-19-10-27-23(30(35-18-34-27)37-25-5-2-4-24(32)29(25)33)12-26(19)36-28(40)6-3-9-39-21-11-22(39)16-41-15-21/h2-6,10,12,18,20-22H,9,11,13-17H2,1H3,(H,36,40)(H,34,35,37)/b6-3+/t20-,21?,22?,31+/m1/s1. The van der Waals surface area contributed by atoms with Gasteiger partial charge in [-0.05, 0) is 50.1 Å². The number of nitrogens with zero attached hydrogens (tertiary/aromatic N) is 4. The van der Waals surface area contributed by atoms with Gasteiger partial charge in [0, 0.05) is 48.6 Å². The van der Waals surface area contributed by atoms with Crippen molar-refractivity contribution < 1.29 is 13.9 Å². The SMILES string of the molecule is CN1C[C@H]2C[C@@]2(C#Cc2cc3ncnc(Nc4cccc(Cl)c4F)c3cc2NC(=O)/C=C/CN2C3COCC2C3)C1. The van der Waals surface area contributed by atoms with Crippen LogP contribution in [-0.2, 0) is 9.53 Å². The van der Waals surface area contributed by atoms with Crippen LogP contribution in [0.15, 0.2) is 48.8 Å². The maximum Gasteiger partial charge on any atom is 0.248 e. The van der Waals surface area contributed by atoms with Crippen LogP contribution in [0.25, 0.3) is 10.9 Å². The number of carbonyl (C=O) groups is 1. The molecule has 1 aliphatic carbocycles. The van der Waals surface area contributed by atoms with Crippen molar-refractivity contribution in [3.63, 3.8) is 0 Å². The lowest BCUT2D eigenvalue weighted by Gasteiger charge is -2.52. The zero-order chi connectivity index (χ0) is 28.1. The van der Waals surface area contributed by atoms with Crippen LogP contribution < -0.4 is 10.6 Å². The van der Waals surface area contributed by atoms with Crippen LogP contribution in [0.2, 0.25) is 5.02 Å². The number of fused-ring (bicyclic) bond motifs is 4. The van der Waals surface area contributed by atoms with Gasteiger partial charge in [-0.2, -0.15) is 0 Å². The van der Waals surface area contributed by atoms with Gasteiger partial charge in [-0.3, -0.25) is 9.69 Å². The van der Waals surface area contributed by atoms with Crippen LogP contribution in [-0.4, -0.2) is 77.7 Å². The Hall–Kier alpha value is -3.55. The minimum absolute atomic E-state index is 0.00959. The van der Waals surface area contributed by atoms with Crippen LogP contribution in [0.3, 0.4) is 0 Å². The molecular formula is C31H30ClFN6O2. The van der Waals surface area contributed by atoms with Crippen molar-refractivity contribution in [2.45, 2.75) is 24.9 Å². The van der Waals surface area contributed by atoms with E-state index in [1.54, 1.807) is 24.3 Å². The zero-order valence-corrected chi connectivity index (χ0v) is 23.4. The third kappa shape index (κ3) is 5.06. The lowest BCUT2D eigenvalue weighted by molar-refractivity contribution is -0.121. The van der Waals surface area contributed by atoms with Crippen molar-refractivity contribution in [1.82, 2.24) is 19.8 Å². The van der Waals surface area contributed by atoms with Crippen LogP contribution >= 0.6 is 11.6 Å². The highest BCUT2D eigenvalue weighted by atomic mass is 35.5. The van der Waals surface area contributed by atoms with E-state index in [1.807, 2.05) is 12.1 Å². The number of morpholine rings is 1. The van der Waals surface area contributed by atoms with Gasteiger partial charge < -0.3 is 20.3 Å². The van der Waals surface area contributed by atoms with Gasteiger partial charge in [-0.1, -0.05) is 35.6 Å². The first-order chi connectivity index (χ1) is 19.9. The van der Waals surface area contributed by atoms with Crippen molar-refractivity contribution in [2.24, 2.45) is 11.3 Å². The molecule has 4 heterocycles. The van der Waals surface area contributed by atoms with Gasteiger partial charge in [0.2, 0.25) is 5.91 Å². The molecule has 41 heavy (non-hydrogen) atoms. The molecule has 4 aliphatic rings. The molecule has 0 radical (unpaired) electrons. The van der Waals surface area contributed by atoms with E-state index in [1.165, 1.54) is 12.4 Å². The average Bonchev–Trinajstić information content (AvgIpc) is 3.52. The highest BCUT2D eigenvalue weighted by Gasteiger charge is 2.58. The minimum atomic E-state index is -0.570. The van der Waals surface area contributed by atoms with Crippen molar-refractivity contribution in [2.75, 3.05) is 50.5 Å². The van der Waals surface area contributed by atoms with E-state index in [0.29, 0.717) is 52.5 Å². The largest absolute Gasteiger partial charge is 0.378 e. The number of benzene rings is 2. The summed E-state index contributed by atoms with van der Waals surface area (Å²) >= 11 is 5.99. The van der Waals surface area contributed by atoms with E-state index in [-0.39, 0.29) is 22.0 Å². The summed E-state index contributed by atoms with van der Waals surface area (Å²) in [5.41, 5.74) is 2.08. The highest BCUT2D eigenvalue weighted by molar-refractivity contribution is 6.31. The molecule has 10 heteroatoms. The van der Waals surface area contributed by atoms with Gasteiger partial charge in [0.05, 0.1) is 40.7 Å². The second kappa shape index (κ2) is 10.4. The molecule has 4 fully saturated rings. The molecule has 1 amide bonds. The summed E-state index contributed by atoms with van der Waals surface area (Å²) in [4.78, 5) is 26.5. The van der Waals surface area contributed by atoms with Crippen LogP contribution in [0, 0.1) is 29.0 Å². The van der Waals surface area contributed by atoms with E-state index >= 15 is 0 Å². The van der Waals surface area contributed by atoms with E-state index in [9.17, 15) is 9.18 Å². The topological polar surface area (TPSA) is 82.6 Å². The van der Waals surface area contributed by atoms with Crippen LogP contribution in [0.1, 0.15) is 18.4 Å². The Labute approximate surface area is 242 Å². The summed E-state index contributed by atoms with van der Waals surface area (Å²) in [7, 11) is 2.12. The maximum absolute atomic E-state index is 14.7. The number of piperidine rings is 1. The number of halogens is 2. The van der Waals surface area contributed by atoms with Crippen LogP contribution in [0.4, 0.5) is 21.6 Å². The lowest BCUT2D eigenvalue weighted by Crippen LogP contribution is -2.63. The fraction of sp³-hybridized carbons (Fsp3) is 0.387. The van der Waals surface area contributed by atoms with Crippen molar-refractivity contribution >= 4 is 45.6 Å². The first kappa shape index (κ1) is 26.4. The number of amides is 1. The summed E-state index contributed by atoms with van der Waals surface area (Å²) in [6.07, 6.45) is 7.15. The Morgan fingerprint density at radius 2 is 2.12 bits per heavy atom. The molecule has 2 aromatic carbocycles. The second-order valence-corrected chi connectivity index (χ2v) is 11.9. The zero-order valence-electron chi connectivity index (χ0n) is 22.7. The number of ether oxygens (including phenoxy) is 1. The Morgan fingerprint density at radius 1 is 1.27 bits per heavy atom. The summed E-state index contributed by atoms with van der Waals surface area (Å²) in [5.74, 6) is 7.06. The number of aromatic nitrogens is 2. The molecule has 2 unspecified atom stereocenters. The number of hydrogen-bond donors (Lipinski definition) is 2. The fourth-order valence-corrected chi connectivity index (χ4v) is 6.60. The Morgan fingerprint density at radius 3 is 2.90 bits per heavy atom. The fourth-order valence-electron chi connectivity index (χ4n) is 6.42. The number of carbonyl (C=O) groups excluding carboxylic acids is 1. The van der Waals surface area contributed by atoms with Crippen molar-refractivity contribution in [3.05, 3.63) is 65.2 Å². The van der Waals surface area contributed by atoms with Crippen molar-refractivity contribution in [3.8, 4) is 11.8 Å². The van der Waals surface area contributed by atoms with E-state index < -0.39 is 5.82 Å². The molecule has 3 aliphatic heterocycles. The van der Waals surface area contributed by atoms with Gasteiger partial charge in [-0.25, -0.2) is 14.4 Å². The second-order valence-electron chi connectivity index (χ2n) is 11.5. The molecule has 8 nitrogen and oxygen atoms in total. The lowest BCUT2D eigenvalue weighted by atomic mass is 9.91. The van der Waals surface area contributed by atoms with Crippen LogP contribution in [0.5, 0.6) is 0 Å². The monoisotopic (exact) mass is 572 g/mol. The molecule has 3 saturated heterocycles. The first-order valence-electron chi connectivity index (χ1n) is 13.9. The molecular weight excluding hydrogens is 543 g/mol. The third-order valence-corrected chi connectivity index (χ3v) is 8.98. The van der Waals surface area contributed by atoms with E-state index in [0.717, 1.165) is 39.1 Å². The molecule has 3 aromatic rings. The first-order valence-corrected chi connectivity index (χ1v) is 14.3. The minimum Gasteiger partial charge on any atom is -0.378 e. The van der Waals surface area contributed by atoms with Gasteiger partial charge in [0.15, 0.2) is 5.82 Å². The maximum atomic E-state index is 14.7. The smallest absolute Gasteiger partial charge is 0.248 e. The number of hydrogen-bond acceptors (Lipinski definition) is 7. The number of anilines is 3. The molecule has 2 N–H and O–H groups in total. The number of likely N-dealkylation sites (tertiary alicyclic amines) is 1. The summed E-state index contributed by atoms with van der Waals surface area (Å²) in [5, 5.41) is 6.69. The van der Waals surface area contributed by atoms with Crippen molar-refractivity contribution in [1.29, 1.82) is 0 Å². The molecule has 210 valence electrons. The highest BCUT2D eigenvalue weighted by Crippen LogP contribution is 2.57. The Bertz CT molecular complexity index is 1620. The van der Waals surface area contributed by atoms with E-state index in [4.69, 9.17) is 16.3 Å². The summed E-state index contributed by atoms with van der Waals surface area (Å²) < 4.78 is 20.2. The molecule has 2 bridgehead atoms. The Kier molecular flexibility index (Phi) is 6.67. The van der Waals surface area contributed by atoms with E-state index in [2.05, 4.69) is 49.3 Å². The summed E-state index contributed by atoms with van der Waals surface area (Å²) in [6, 6.07) is 9.28. The molecule has 1 saturated carbocycles. The van der Waals surface area contributed by atoms with Gasteiger partial charge in [0.25, 0.3) is 0 Å². The number of rotatable bonds is 6. The number of nitrogens with one attached hydrogen (secondary N) is 2. The third-order valence-electron chi connectivity index (χ3n) is 8.69. The van der Waals surface area contributed by atoms with Gasteiger partial charge >= 0.3 is 0 Å². The molecule has 4 atom stereocenters. The van der Waals surface area contributed by atoms with Gasteiger partial charge in [0.1, 0.15) is 12.1 Å².